The third kappa shape index (κ3) is 4.45. The molecule has 0 bridgehead atoms. The maximum atomic E-state index is 12.7. The van der Waals surface area contributed by atoms with Crippen molar-refractivity contribution in [2.45, 2.75) is 50.8 Å². The molecule has 1 aromatic rings. The van der Waals surface area contributed by atoms with E-state index in [-0.39, 0.29) is 16.2 Å². The zero-order chi connectivity index (χ0) is 19.5. The predicted molar refractivity (Wildman–Crippen MR) is 105 cm³/mol. The summed E-state index contributed by atoms with van der Waals surface area (Å²) in [7, 11) is -1.83. The number of nitrogens with one attached hydrogen (secondary N) is 1. The van der Waals surface area contributed by atoms with E-state index >= 15 is 0 Å². The Morgan fingerprint density at radius 2 is 1.88 bits per heavy atom. The van der Waals surface area contributed by atoms with E-state index in [1.807, 2.05) is 13.8 Å². The quantitative estimate of drug-likeness (QED) is 0.702. The van der Waals surface area contributed by atoms with E-state index in [9.17, 15) is 13.2 Å². The Bertz CT molecular complexity index is 755. The molecule has 146 valence electrons. The molecule has 1 aliphatic heterocycles. The first kappa shape index (κ1) is 20.9. The molecule has 0 aromatic heterocycles. The van der Waals surface area contributed by atoms with Crippen molar-refractivity contribution in [3.8, 4) is 0 Å². The lowest BCUT2D eigenvalue weighted by Crippen LogP contribution is -2.39. The number of carbonyl (C=O) groups is 1. The van der Waals surface area contributed by atoms with Crippen molar-refractivity contribution in [3.05, 3.63) is 23.8 Å². The van der Waals surface area contributed by atoms with E-state index in [2.05, 4.69) is 23.5 Å². The summed E-state index contributed by atoms with van der Waals surface area (Å²) < 4.78 is 28.0. The molecule has 6 nitrogen and oxygen atoms in total. The molecule has 0 saturated heterocycles. The number of rotatable bonds is 8. The Hall–Kier alpha value is -1.44. The third-order valence-corrected chi connectivity index (χ3v) is 6.63. The van der Waals surface area contributed by atoms with Gasteiger partial charge in [-0.15, -0.1) is 0 Å². The molecule has 2 rings (SSSR count). The topological polar surface area (TPSA) is 69.7 Å². The van der Waals surface area contributed by atoms with E-state index in [0.717, 1.165) is 37.3 Å². The Morgan fingerprint density at radius 3 is 2.50 bits per heavy atom. The standard InChI is InChI=1S/C19H31N3O3S/c1-6-22(7-2)12-8-11-20-26(24,25)15-9-10-17-16(13-15)19(3,4)14-18(23)21(17)5/h9-10,13,20H,6-8,11-12,14H2,1-5H3. The molecule has 1 aromatic carbocycles. The number of nitrogens with zero attached hydrogens (tertiary/aromatic N) is 2. The Kier molecular flexibility index (Phi) is 6.47. The van der Waals surface area contributed by atoms with Crippen molar-refractivity contribution >= 4 is 21.6 Å². The highest BCUT2D eigenvalue weighted by atomic mass is 32.2. The lowest BCUT2D eigenvalue weighted by atomic mass is 9.77. The largest absolute Gasteiger partial charge is 0.315 e. The van der Waals surface area contributed by atoms with Crippen molar-refractivity contribution in [2.24, 2.45) is 0 Å². The van der Waals surface area contributed by atoms with Gasteiger partial charge in [0, 0.05) is 31.1 Å². The van der Waals surface area contributed by atoms with Crippen LogP contribution in [0.1, 0.15) is 46.1 Å². The highest BCUT2D eigenvalue weighted by Gasteiger charge is 2.36. The first-order valence-corrected chi connectivity index (χ1v) is 10.7. The zero-order valence-corrected chi connectivity index (χ0v) is 17.3. The van der Waals surface area contributed by atoms with Crippen LogP contribution in [0.2, 0.25) is 0 Å². The summed E-state index contributed by atoms with van der Waals surface area (Å²) >= 11 is 0. The van der Waals surface area contributed by atoms with Crippen molar-refractivity contribution in [1.29, 1.82) is 0 Å². The molecule has 0 fully saturated rings. The number of benzene rings is 1. The number of amides is 1. The first-order valence-electron chi connectivity index (χ1n) is 9.25. The number of carbonyl (C=O) groups excluding carboxylic acids is 1. The maximum Gasteiger partial charge on any atom is 0.240 e. The van der Waals surface area contributed by atoms with Gasteiger partial charge in [-0.2, -0.15) is 0 Å². The van der Waals surface area contributed by atoms with E-state index < -0.39 is 10.0 Å². The second-order valence-corrected chi connectivity index (χ2v) is 9.24. The fourth-order valence-electron chi connectivity index (χ4n) is 3.38. The van der Waals surface area contributed by atoms with Gasteiger partial charge in [-0.25, -0.2) is 13.1 Å². The van der Waals surface area contributed by atoms with Crippen LogP contribution in [-0.2, 0) is 20.2 Å². The fraction of sp³-hybridized carbons (Fsp3) is 0.632. The van der Waals surface area contributed by atoms with Gasteiger partial charge in [-0.3, -0.25) is 4.79 Å². The van der Waals surface area contributed by atoms with Crippen LogP contribution < -0.4 is 9.62 Å². The molecule has 1 heterocycles. The normalized spacial score (nSPS) is 16.8. The maximum absolute atomic E-state index is 12.7. The van der Waals surface area contributed by atoms with Crippen molar-refractivity contribution in [2.75, 3.05) is 38.1 Å². The monoisotopic (exact) mass is 381 g/mol. The number of anilines is 1. The average molecular weight is 382 g/mol. The molecular weight excluding hydrogens is 350 g/mol. The molecule has 1 N–H and O–H groups in total. The fourth-order valence-corrected chi connectivity index (χ4v) is 4.48. The van der Waals surface area contributed by atoms with Gasteiger partial charge in [0.05, 0.1) is 4.90 Å². The van der Waals surface area contributed by atoms with E-state index in [1.54, 1.807) is 30.1 Å². The Morgan fingerprint density at radius 1 is 1.23 bits per heavy atom. The van der Waals surface area contributed by atoms with Crippen LogP contribution in [0.4, 0.5) is 5.69 Å². The minimum absolute atomic E-state index is 0.0487. The van der Waals surface area contributed by atoms with Crippen LogP contribution in [0.3, 0.4) is 0 Å². The summed E-state index contributed by atoms with van der Waals surface area (Å²) in [4.78, 5) is 16.3. The lowest BCUT2D eigenvalue weighted by molar-refractivity contribution is -0.119. The minimum atomic E-state index is -3.56. The number of sulfonamides is 1. The summed E-state index contributed by atoms with van der Waals surface area (Å²) in [5.74, 6) is 0.0487. The van der Waals surface area contributed by atoms with Crippen LogP contribution >= 0.6 is 0 Å². The van der Waals surface area contributed by atoms with Gasteiger partial charge in [0.25, 0.3) is 0 Å². The van der Waals surface area contributed by atoms with Crippen LogP contribution in [0.5, 0.6) is 0 Å². The second kappa shape index (κ2) is 8.06. The molecular formula is C19H31N3O3S. The molecule has 0 saturated carbocycles. The molecule has 1 aliphatic rings. The van der Waals surface area contributed by atoms with Crippen molar-refractivity contribution in [1.82, 2.24) is 9.62 Å². The molecule has 0 unspecified atom stereocenters. The van der Waals surface area contributed by atoms with Gasteiger partial charge in [0.2, 0.25) is 15.9 Å². The van der Waals surface area contributed by atoms with Gasteiger partial charge in [-0.1, -0.05) is 27.7 Å². The highest BCUT2D eigenvalue weighted by molar-refractivity contribution is 7.89. The lowest BCUT2D eigenvalue weighted by Gasteiger charge is -2.37. The predicted octanol–water partition coefficient (Wildman–Crippen LogP) is 2.34. The second-order valence-electron chi connectivity index (χ2n) is 7.47. The Balaban J connectivity index is 2.15. The number of fused-ring (bicyclic) bond motifs is 1. The molecule has 0 spiro atoms. The van der Waals surface area contributed by atoms with E-state index in [4.69, 9.17) is 0 Å². The summed E-state index contributed by atoms with van der Waals surface area (Å²) in [6.07, 6.45) is 1.14. The van der Waals surface area contributed by atoms with Gasteiger partial charge in [-0.05, 0) is 49.8 Å². The molecule has 0 aliphatic carbocycles. The molecule has 0 radical (unpaired) electrons. The highest BCUT2D eigenvalue weighted by Crippen LogP contribution is 2.40. The van der Waals surface area contributed by atoms with Gasteiger partial charge in [0.15, 0.2) is 0 Å². The van der Waals surface area contributed by atoms with Crippen LogP contribution in [0, 0.1) is 0 Å². The average Bonchev–Trinajstić information content (AvgIpc) is 2.59. The van der Waals surface area contributed by atoms with Crippen LogP contribution in [-0.4, -0.2) is 52.5 Å². The van der Waals surface area contributed by atoms with Crippen LogP contribution in [0.15, 0.2) is 23.1 Å². The molecule has 26 heavy (non-hydrogen) atoms. The Labute approximate surface area is 157 Å². The number of hydrogen-bond acceptors (Lipinski definition) is 4. The SMILES string of the molecule is CCN(CC)CCCNS(=O)(=O)c1ccc2c(c1)C(C)(C)CC(=O)N2C. The van der Waals surface area contributed by atoms with Gasteiger partial charge >= 0.3 is 0 Å². The van der Waals surface area contributed by atoms with E-state index in [0.29, 0.717) is 13.0 Å². The summed E-state index contributed by atoms with van der Waals surface area (Å²) in [6, 6.07) is 5.03. The van der Waals surface area contributed by atoms with Gasteiger partial charge in [0.1, 0.15) is 0 Å². The first-order chi connectivity index (χ1) is 12.1. The zero-order valence-electron chi connectivity index (χ0n) is 16.5. The summed E-state index contributed by atoms with van der Waals surface area (Å²) in [6.45, 7) is 11.4. The van der Waals surface area contributed by atoms with E-state index in [1.165, 1.54) is 0 Å². The molecule has 0 atom stereocenters. The third-order valence-electron chi connectivity index (χ3n) is 5.17. The molecule has 7 heteroatoms. The minimum Gasteiger partial charge on any atom is -0.315 e. The molecule has 1 amide bonds. The van der Waals surface area contributed by atoms with Crippen molar-refractivity contribution in [3.63, 3.8) is 0 Å². The van der Waals surface area contributed by atoms with Gasteiger partial charge < -0.3 is 9.80 Å². The summed E-state index contributed by atoms with van der Waals surface area (Å²) in [5.41, 5.74) is 1.30. The smallest absolute Gasteiger partial charge is 0.240 e. The number of hydrogen-bond donors (Lipinski definition) is 1. The van der Waals surface area contributed by atoms with Crippen molar-refractivity contribution < 1.29 is 13.2 Å². The van der Waals surface area contributed by atoms with Crippen LogP contribution in [0.25, 0.3) is 0 Å². The summed E-state index contributed by atoms with van der Waals surface area (Å²) in [5, 5.41) is 0.